The molecule has 0 aliphatic carbocycles. The van der Waals surface area contributed by atoms with Crippen molar-refractivity contribution in [2.45, 2.75) is 26.2 Å². The standard InChI is InChI=1S/C17H22P2/c1-17(2,3)16(18-14-10-6-4-7-11-14)19-15-12-8-5-9-13-15/h4-13,16,18-19H,1-3H3. The number of benzene rings is 2. The molecule has 2 aromatic carbocycles. The Kier molecular flexibility index (Phi) is 5.14. The van der Waals surface area contributed by atoms with Gasteiger partial charge in [-0.25, -0.2) is 0 Å². The van der Waals surface area contributed by atoms with Crippen LogP contribution in [-0.4, -0.2) is 5.40 Å². The summed E-state index contributed by atoms with van der Waals surface area (Å²) in [5.74, 6) is 0. The van der Waals surface area contributed by atoms with E-state index in [-0.39, 0.29) is 0 Å². The first-order valence-corrected chi connectivity index (χ1v) is 8.84. The maximum absolute atomic E-state index is 2.36. The van der Waals surface area contributed by atoms with Gasteiger partial charge in [0.2, 0.25) is 0 Å². The fourth-order valence-corrected chi connectivity index (χ4v) is 5.46. The molecule has 0 amide bonds. The number of rotatable bonds is 4. The molecule has 0 N–H and O–H groups in total. The number of hydrogen-bond donors (Lipinski definition) is 0. The molecule has 0 fully saturated rings. The van der Waals surface area contributed by atoms with Crippen LogP contribution in [0, 0.1) is 5.41 Å². The van der Waals surface area contributed by atoms with Gasteiger partial charge in [-0.1, -0.05) is 98.6 Å². The molecule has 100 valence electrons. The Morgan fingerprint density at radius 2 is 1.05 bits per heavy atom. The molecular formula is C17H22P2. The summed E-state index contributed by atoms with van der Waals surface area (Å²) in [4.78, 5) is 0. The second-order valence-electron chi connectivity index (χ2n) is 5.82. The third-order valence-corrected chi connectivity index (χ3v) is 7.54. The molecule has 0 aliphatic rings. The first kappa shape index (κ1) is 14.7. The van der Waals surface area contributed by atoms with Gasteiger partial charge in [0.1, 0.15) is 0 Å². The maximum Gasteiger partial charge on any atom is 0.00684 e. The Bertz CT molecular complexity index is 444. The molecule has 0 bridgehead atoms. The molecule has 0 saturated heterocycles. The second kappa shape index (κ2) is 6.65. The van der Waals surface area contributed by atoms with E-state index in [0.29, 0.717) is 5.41 Å². The van der Waals surface area contributed by atoms with Gasteiger partial charge >= 0.3 is 0 Å². The van der Waals surface area contributed by atoms with Crippen molar-refractivity contribution in [2.75, 3.05) is 0 Å². The van der Waals surface area contributed by atoms with Crippen LogP contribution in [0.25, 0.3) is 0 Å². The molecule has 0 aliphatic heterocycles. The molecule has 2 atom stereocenters. The summed E-state index contributed by atoms with van der Waals surface area (Å²) >= 11 is 0. The molecule has 0 heterocycles. The molecule has 2 heteroatoms. The van der Waals surface area contributed by atoms with Crippen molar-refractivity contribution in [3.8, 4) is 0 Å². The fraction of sp³-hybridized carbons (Fsp3) is 0.294. The van der Waals surface area contributed by atoms with Gasteiger partial charge < -0.3 is 0 Å². The third-order valence-electron chi connectivity index (χ3n) is 3.04. The molecule has 0 nitrogen and oxygen atoms in total. The quantitative estimate of drug-likeness (QED) is 0.733. The molecule has 2 rings (SSSR count). The van der Waals surface area contributed by atoms with Crippen LogP contribution in [-0.2, 0) is 0 Å². The largest absolute Gasteiger partial charge is 0.0822 e. The van der Waals surface area contributed by atoms with E-state index in [4.69, 9.17) is 0 Å². The zero-order valence-electron chi connectivity index (χ0n) is 11.9. The Hall–Kier alpha value is -0.700. The van der Waals surface area contributed by atoms with Crippen molar-refractivity contribution in [3.05, 3.63) is 60.7 Å². The molecule has 0 spiro atoms. The predicted octanol–water partition coefficient (Wildman–Crippen LogP) is 4.37. The van der Waals surface area contributed by atoms with Gasteiger partial charge in [0.15, 0.2) is 0 Å². The van der Waals surface area contributed by atoms with Crippen LogP contribution in [0.3, 0.4) is 0 Å². The highest BCUT2D eigenvalue weighted by molar-refractivity contribution is 7.65. The molecule has 0 aromatic heterocycles. The highest BCUT2D eigenvalue weighted by Crippen LogP contribution is 2.45. The molecular weight excluding hydrogens is 266 g/mol. The van der Waals surface area contributed by atoms with Crippen molar-refractivity contribution >= 4 is 27.8 Å². The van der Waals surface area contributed by atoms with Gasteiger partial charge in [0, 0.05) is 5.40 Å². The SMILES string of the molecule is CC(C)(C)C(Pc1ccccc1)Pc1ccccc1. The van der Waals surface area contributed by atoms with E-state index in [1.54, 1.807) is 0 Å². The Labute approximate surface area is 120 Å². The summed E-state index contributed by atoms with van der Waals surface area (Å²) < 4.78 is 0. The zero-order chi connectivity index (χ0) is 13.7. The summed E-state index contributed by atoms with van der Waals surface area (Å²) in [6.45, 7) is 7.09. The average Bonchev–Trinajstić information content (AvgIpc) is 2.39. The van der Waals surface area contributed by atoms with Crippen molar-refractivity contribution in [1.82, 2.24) is 0 Å². The maximum atomic E-state index is 2.36. The molecule has 19 heavy (non-hydrogen) atoms. The van der Waals surface area contributed by atoms with Gasteiger partial charge in [-0.2, -0.15) is 0 Å². The van der Waals surface area contributed by atoms with E-state index < -0.39 is 0 Å². The Balaban J connectivity index is 2.13. The van der Waals surface area contributed by atoms with E-state index >= 15 is 0 Å². The van der Waals surface area contributed by atoms with Gasteiger partial charge in [-0.15, -0.1) is 0 Å². The minimum absolute atomic E-state index is 0.350. The Morgan fingerprint density at radius 1 is 0.684 bits per heavy atom. The first-order chi connectivity index (χ1) is 9.05. The van der Waals surface area contributed by atoms with Crippen LogP contribution in [0.15, 0.2) is 60.7 Å². The van der Waals surface area contributed by atoms with Crippen molar-refractivity contribution in [3.63, 3.8) is 0 Å². The highest BCUT2D eigenvalue weighted by Gasteiger charge is 2.25. The lowest BCUT2D eigenvalue weighted by molar-refractivity contribution is 0.457. The van der Waals surface area contributed by atoms with Crippen LogP contribution < -0.4 is 10.6 Å². The van der Waals surface area contributed by atoms with Gasteiger partial charge in [-0.3, -0.25) is 0 Å². The van der Waals surface area contributed by atoms with Crippen LogP contribution in [0.5, 0.6) is 0 Å². The molecule has 0 radical (unpaired) electrons. The minimum atomic E-state index is 0.350. The molecule has 2 unspecified atom stereocenters. The van der Waals surface area contributed by atoms with Crippen LogP contribution in [0.1, 0.15) is 20.8 Å². The lowest BCUT2D eigenvalue weighted by atomic mass is 10.00. The summed E-state index contributed by atoms with van der Waals surface area (Å²) in [5.41, 5.74) is 0.350. The first-order valence-electron chi connectivity index (χ1n) is 6.69. The molecule has 2 aromatic rings. The second-order valence-corrected chi connectivity index (χ2v) is 9.28. The van der Waals surface area contributed by atoms with E-state index in [1.165, 1.54) is 10.6 Å². The van der Waals surface area contributed by atoms with Gasteiger partial charge in [-0.05, 0) is 16.0 Å². The van der Waals surface area contributed by atoms with E-state index in [9.17, 15) is 0 Å². The lowest BCUT2D eigenvalue weighted by Crippen LogP contribution is -2.22. The predicted molar refractivity (Wildman–Crippen MR) is 92.0 cm³/mol. The normalized spacial score (nSPS) is 14.5. The van der Waals surface area contributed by atoms with E-state index in [0.717, 1.165) is 22.6 Å². The minimum Gasteiger partial charge on any atom is -0.0822 e. The molecule has 0 saturated carbocycles. The highest BCUT2D eigenvalue weighted by atomic mass is 31.1. The van der Waals surface area contributed by atoms with Crippen LogP contribution in [0.2, 0.25) is 0 Å². The summed E-state index contributed by atoms with van der Waals surface area (Å²) in [7, 11) is 1.77. The third kappa shape index (κ3) is 4.72. The summed E-state index contributed by atoms with van der Waals surface area (Å²) in [6, 6.07) is 21.8. The topological polar surface area (TPSA) is 0 Å². The monoisotopic (exact) mass is 288 g/mol. The van der Waals surface area contributed by atoms with E-state index in [1.807, 2.05) is 0 Å². The van der Waals surface area contributed by atoms with Gasteiger partial charge in [0.05, 0.1) is 0 Å². The van der Waals surface area contributed by atoms with Crippen LogP contribution >= 0.6 is 17.2 Å². The van der Waals surface area contributed by atoms with Crippen molar-refractivity contribution in [1.29, 1.82) is 0 Å². The Morgan fingerprint density at radius 3 is 1.37 bits per heavy atom. The van der Waals surface area contributed by atoms with Crippen molar-refractivity contribution in [2.24, 2.45) is 5.41 Å². The zero-order valence-corrected chi connectivity index (χ0v) is 13.9. The van der Waals surface area contributed by atoms with Crippen LogP contribution in [0.4, 0.5) is 0 Å². The van der Waals surface area contributed by atoms with Gasteiger partial charge in [0.25, 0.3) is 0 Å². The van der Waals surface area contributed by atoms with E-state index in [2.05, 4.69) is 81.4 Å². The van der Waals surface area contributed by atoms with Crippen molar-refractivity contribution < 1.29 is 0 Å². The lowest BCUT2D eigenvalue weighted by Gasteiger charge is -2.31. The number of hydrogen-bond acceptors (Lipinski definition) is 0. The summed E-state index contributed by atoms with van der Waals surface area (Å²) in [5, 5.41) is 3.68. The smallest absolute Gasteiger partial charge is 0.00684 e. The fourth-order valence-electron chi connectivity index (χ4n) is 1.87. The average molecular weight is 288 g/mol. The summed E-state index contributed by atoms with van der Waals surface area (Å²) in [6.07, 6.45) is 0.